The van der Waals surface area contributed by atoms with Crippen LogP contribution in [0, 0.1) is 0 Å². The van der Waals surface area contributed by atoms with Crippen molar-refractivity contribution in [3.05, 3.63) is 35.4 Å². The molecule has 1 fully saturated rings. The number of nitrogens with zero attached hydrogens (tertiary/aromatic N) is 1. The van der Waals surface area contributed by atoms with Crippen LogP contribution in [0.4, 0.5) is 0 Å². The summed E-state index contributed by atoms with van der Waals surface area (Å²) in [5, 5.41) is 0. The van der Waals surface area contributed by atoms with Crippen molar-refractivity contribution in [3.63, 3.8) is 0 Å². The third-order valence-corrected chi connectivity index (χ3v) is 5.14. The molecule has 1 atom stereocenters. The number of carbonyl (C=O) groups is 1. The predicted octanol–water partition coefficient (Wildman–Crippen LogP) is 3.90. The highest BCUT2D eigenvalue weighted by Crippen LogP contribution is 2.34. The summed E-state index contributed by atoms with van der Waals surface area (Å²) >= 11 is 0. The number of carbonyl (C=O) groups excluding carboxylic acids is 1. The zero-order valence-electron chi connectivity index (χ0n) is 12.5. The van der Waals surface area contributed by atoms with E-state index in [4.69, 9.17) is 0 Å². The highest BCUT2D eigenvalue weighted by atomic mass is 16.2. The smallest absolute Gasteiger partial charge is 0.230 e. The highest BCUT2D eigenvalue weighted by molar-refractivity contribution is 5.84. The van der Waals surface area contributed by atoms with Crippen molar-refractivity contribution >= 4 is 5.91 Å². The minimum Gasteiger partial charge on any atom is -0.342 e. The molecule has 0 N–H and O–H groups in total. The number of amides is 1. The van der Waals surface area contributed by atoms with E-state index >= 15 is 0 Å². The predicted molar refractivity (Wildman–Crippen MR) is 81.8 cm³/mol. The van der Waals surface area contributed by atoms with Crippen LogP contribution in [0.15, 0.2) is 24.3 Å². The van der Waals surface area contributed by atoms with Crippen molar-refractivity contribution in [2.24, 2.45) is 0 Å². The topological polar surface area (TPSA) is 20.3 Å². The van der Waals surface area contributed by atoms with Gasteiger partial charge in [-0.1, -0.05) is 43.5 Å². The van der Waals surface area contributed by atoms with E-state index < -0.39 is 0 Å². The summed E-state index contributed by atoms with van der Waals surface area (Å²) in [6.07, 6.45) is 9.58. The molecule has 0 heterocycles. The minimum absolute atomic E-state index is 0.104. The summed E-state index contributed by atoms with van der Waals surface area (Å²) in [4.78, 5) is 14.9. The zero-order valence-corrected chi connectivity index (χ0v) is 12.5. The first kappa shape index (κ1) is 13.7. The van der Waals surface area contributed by atoms with Crippen molar-refractivity contribution in [2.45, 2.75) is 63.3 Å². The molecule has 108 valence electrons. The number of benzene rings is 1. The monoisotopic (exact) mass is 271 g/mol. The normalized spacial score (nSPS) is 23.1. The van der Waals surface area contributed by atoms with E-state index in [-0.39, 0.29) is 5.92 Å². The molecule has 1 aromatic rings. The Morgan fingerprint density at radius 2 is 1.80 bits per heavy atom. The van der Waals surface area contributed by atoms with E-state index in [2.05, 4.69) is 29.2 Å². The summed E-state index contributed by atoms with van der Waals surface area (Å²) in [6, 6.07) is 8.99. The van der Waals surface area contributed by atoms with Gasteiger partial charge in [0.15, 0.2) is 0 Å². The first-order valence-electron chi connectivity index (χ1n) is 8.12. The van der Waals surface area contributed by atoms with Gasteiger partial charge in [0, 0.05) is 13.1 Å². The van der Waals surface area contributed by atoms with Gasteiger partial charge in [-0.15, -0.1) is 0 Å². The summed E-state index contributed by atoms with van der Waals surface area (Å²) in [6.45, 7) is 0. The SMILES string of the molecule is CN(C(=O)C1CCCc2ccccc21)C1CCCCC1. The van der Waals surface area contributed by atoms with E-state index in [0.29, 0.717) is 11.9 Å². The lowest BCUT2D eigenvalue weighted by molar-refractivity contribution is -0.134. The first-order valence-corrected chi connectivity index (χ1v) is 8.12. The van der Waals surface area contributed by atoms with Crippen LogP contribution in [-0.4, -0.2) is 23.9 Å². The number of hydrogen-bond donors (Lipinski definition) is 0. The number of fused-ring (bicyclic) bond motifs is 1. The second-order valence-electron chi connectivity index (χ2n) is 6.38. The largest absolute Gasteiger partial charge is 0.342 e. The summed E-state index contributed by atoms with van der Waals surface area (Å²) in [5.41, 5.74) is 2.67. The number of hydrogen-bond acceptors (Lipinski definition) is 1. The highest BCUT2D eigenvalue weighted by Gasteiger charge is 2.31. The molecular weight excluding hydrogens is 246 g/mol. The van der Waals surface area contributed by atoms with Crippen molar-refractivity contribution < 1.29 is 4.79 Å². The van der Waals surface area contributed by atoms with E-state index in [1.54, 1.807) is 0 Å². The Labute approximate surface area is 122 Å². The molecule has 20 heavy (non-hydrogen) atoms. The molecule has 2 aliphatic carbocycles. The lowest BCUT2D eigenvalue weighted by atomic mass is 9.81. The van der Waals surface area contributed by atoms with Crippen LogP contribution in [0.5, 0.6) is 0 Å². The molecule has 3 rings (SSSR count). The molecule has 0 spiro atoms. The summed E-state index contributed by atoms with van der Waals surface area (Å²) in [5.74, 6) is 0.455. The Kier molecular flexibility index (Phi) is 4.09. The van der Waals surface area contributed by atoms with Crippen LogP contribution in [0.25, 0.3) is 0 Å². The van der Waals surface area contributed by atoms with Crippen LogP contribution in [0.2, 0.25) is 0 Å². The fourth-order valence-electron chi connectivity index (χ4n) is 3.90. The lowest BCUT2D eigenvalue weighted by Crippen LogP contribution is -2.41. The van der Waals surface area contributed by atoms with Crippen molar-refractivity contribution in [3.8, 4) is 0 Å². The summed E-state index contributed by atoms with van der Waals surface area (Å²) in [7, 11) is 2.02. The van der Waals surface area contributed by atoms with Crippen molar-refractivity contribution in [1.82, 2.24) is 4.90 Å². The summed E-state index contributed by atoms with van der Waals surface area (Å²) < 4.78 is 0. The molecule has 0 aliphatic heterocycles. The van der Waals surface area contributed by atoms with Crippen molar-refractivity contribution in [1.29, 1.82) is 0 Å². The quantitative estimate of drug-likeness (QED) is 0.799. The Bertz CT molecular complexity index is 476. The van der Waals surface area contributed by atoms with Gasteiger partial charge in [-0.25, -0.2) is 0 Å². The molecule has 1 unspecified atom stereocenters. The first-order chi connectivity index (χ1) is 9.77. The van der Waals surface area contributed by atoms with E-state index in [0.717, 1.165) is 19.3 Å². The van der Waals surface area contributed by atoms with Crippen molar-refractivity contribution in [2.75, 3.05) is 7.05 Å². The average Bonchev–Trinajstić information content (AvgIpc) is 2.54. The standard InChI is InChI=1S/C18H25NO/c1-19(15-10-3-2-4-11-15)18(20)17-13-7-9-14-8-5-6-12-16(14)17/h5-6,8,12,15,17H,2-4,7,9-11,13H2,1H3. The van der Waals surface area contributed by atoms with Gasteiger partial charge in [0.05, 0.1) is 5.92 Å². The second-order valence-corrected chi connectivity index (χ2v) is 6.38. The molecule has 2 aliphatic rings. The third kappa shape index (κ3) is 2.61. The van der Waals surface area contributed by atoms with Gasteiger partial charge >= 0.3 is 0 Å². The molecule has 0 saturated heterocycles. The Morgan fingerprint density at radius 1 is 1.05 bits per heavy atom. The van der Waals surface area contributed by atoms with Gasteiger partial charge in [0.1, 0.15) is 0 Å². The van der Waals surface area contributed by atoms with Gasteiger partial charge in [0.25, 0.3) is 0 Å². The molecule has 1 aromatic carbocycles. The van der Waals surface area contributed by atoms with Crippen LogP contribution in [0.3, 0.4) is 0 Å². The molecule has 0 bridgehead atoms. The fourth-order valence-corrected chi connectivity index (χ4v) is 3.90. The van der Waals surface area contributed by atoms with E-state index in [1.165, 1.54) is 43.2 Å². The van der Waals surface area contributed by atoms with Gasteiger partial charge in [-0.2, -0.15) is 0 Å². The van der Waals surface area contributed by atoms with E-state index in [9.17, 15) is 4.79 Å². The maximum atomic E-state index is 12.9. The fraction of sp³-hybridized carbons (Fsp3) is 0.611. The van der Waals surface area contributed by atoms with Gasteiger partial charge in [-0.3, -0.25) is 4.79 Å². The third-order valence-electron chi connectivity index (χ3n) is 5.14. The second kappa shape index (κ2) is 5.99. The van der Waals surface area contributed by atoms with Gasteiger partial charge in [0.2, 0.25) is 5.91 Å². The van der Waals surface area contributed by atoms with Crippen LogP contribution in [0.1, 0.15) is 62.0 Å². The molecule has 0 aromatic heterocycles. The van der Waals surface area contributed by atoms with Crippen LogP contribution in [-0.2, 0) is 11.2 Å². The van der Waals surface area contributed by atoms with Crippen LogP contribution < -0.4 is 0 Å². The average molecular weight is 271 g/mol. The molecule has 0 radical (unpaired) electrons. The van der Waals surface area contributed by atoms with Gasteiger partial charge in [-0.05, 0) is 43.2 Å². The maximum absolute atomic E-state index is 12.9. The number of rotatable bonds is 2. The molecule has 2 nitrogen and oxygen atoms in total. The molecule has 1 saturated carbocycles. The Hall–Kier alpha value is -1.31. The molecule has 2 heteroatoms. The number of likely N-dealkylation sites (N-methyl/N-ethyl adjacent to an activating group) is 1. The van der Waals surface area contributed by atoms with E-state index in [1.807, 2.05) is 7.05 Å². The Morgan fingerprint density at radius 3 is 2.60 bits per heavy atom. The maximum Gasteiger partial charge on any atom is 0.230 e. The van der Waals surface area contributed by atoms with Gasteiger partial charge < -0.3 is 4.90 Å². The number of aryl methyl sites for hydroxylation is 1. The lowest BCUT2D eigenvalue weighted by Gasteiger charge is -2.35. The zero-order chi connectivity index (χ0) is 13.9. The molecular formula is C18H25NO. The van der Waals surface area contributed by atoms with Crippen LogP contribution >= 0.6 is 0 Å². The Balaban J connectivity index is 1.77. The molecule has 1 amide bonds. The minimum atomic E-state index is 0.104.